The number of hydrogen-bond acceptors (Lipinski definition) is 6. The van der Waals surface area contributed by atoms with Crippen LogP contribution in [-0.2, 0) is 23.8 Å². The molecule has 0 radical (unpaired) electrons. The number of benzene rings is 1. The maximum Gasteiger partial charge on any atom is 0.308 e. The molecule has 1 saturated carbocycles. The lowest BCUT2D eigenvalue weighted by molar-refractivity contribution is -0.176. The molecule has 1 fully saturated rings. The van der Waals surface area contributed by atoms with Gasteiger partial charge in [0.05, 0.1) is 24.5 Å². The van der Waals surface area contributed by atoms with Crippen LogP contribution in [0.25, 0.3) is 5.57 Å². The van der Waals surface area contributed by atoms with Gasteiger partial charge < -0.3 is 24.0 Å². The van der Waals surface area contributed by atoms with Crippen LogP contribution < -0.4 is 0 Å². The highest BCUT2D eigenvalue weighted by Crippen LogP contribution is 2.56. The highest BCUT2D eigenvalue weighted by molar-refractivity contribution is 5.82. The van der Waals surface area contributed by atoms with E-state index in [1.54, 1.807) is 19.1 Å². The van der Waals surface area contributed by atoms with Crippen molar-refractivity contribution in [2.75, 3.05) is 61.2 Å². The fourth-order valence-corrected chi connectivity index (χ4v) is 6.80. The second-order valence-corrected chi connectivity index (χ2v) is 12.7. The minimum absolute atomic E-state index is 0.0345. The fourth-order valence-electron chi connectivity index (χ4n) is 6.80. The molecular weight excluding hydrogens is 504 g/mol. The Hall–Kier alpha value is -2.22. The van der Waals surface area contributed by atoms with Gasteiger partial charge in [0, 0.05) is 46.7 Å². The molecule has 0 aliphatic heterocycles. The van der Waals surface area contributed by atoms with Crippen molar-refractivity contribution >= 4 is 17.4 Å². The van der Waals surface area contributed by atoms with Crippen LogP contribution in [0.15, 0.2) is 35.9 Å². The van der Waals surface area contributed by atoms with Crippen LogP contribution in [-0.4, -0.2) is 88.4 Å². The Labute approximate surface area is 242 Å². The van der Waals surface area contributed by atoms with E-state index in [0.29, 0.717) is 25.7 Å². The number of fused-ring (bicyclic) bond motifs is 2. The molecule has 3 aliphatic carbocycles. The lowest BCUT2D eigenvalue weighted by atomic mass is 9.57. The van der Waals surface area contributed by atoms with Crippen molar-refractivity contribution in [2.45, 2.75) is 65.4 Å². The van der Waals surface area contributed by atoms with Gasteiger partial charge in [-0.25, -0.2) is 0 Å². The molecule has 7 heteroatoms. The number of nitrogens with zero attached hydrogens (tertiary/aromatic N) is 2. The maximum absolute atomic E-state index is 13.1. The highest BCUT2D eigenvalue weighted by Gasteiger charge is 2.53. The molecule has 1 aromatic rings. The normalized spacial score (nSPS) is 22.8. The lowest BCUT2D eigenvalue weighted by Crippen LogP contribution is -2.53. The van der Waals surface area contributed by atoms with E-state index in [9.17, 15) is 9.59 Å². The van der Waals surface area contributed by atoms with E-state index >= 15 is 0 Å². The van der Waals surface area contributed by atoms with Gasteiger partial charge in [0.2, 0.25) is 5.91 Å². The predicted octanol–water partition coefficient (Wildman–Crippen LogP) is 5.30. The average molecular weight is 557 g/mol. The fraction of sp³-hybridized carbons (Fsp3) is 0.697. The summed E-state index contributed by atoms with van der Waals surface area (Å²) in [5.74, 6) is 0.427. The number of ether oxygens (including phenoxy) is 3. The minimum Gasteiger partial charge on any atom is -0.458 e. The van der Waals surface area contributed by atoms with Crippen LogP contribution in [0.4, 0.5) is 0 Å². The second-order valence-electron chi connectivity index (χ2n) is 12.7. The van der Waals surface area contributed by atoms with Crippen molar-refractivity contribution in [3.8, 4) is 0 Å². The Morgan fingerprint density at radius 2 is 1.68 bits per heavy atom. The van der Waals surface area contributed by atoms with E-state index < -0.39 is 11.0 Å². The predicted molar refractivity (Wildman–Crippen MR) is 160 cm³/mol. The summed E-state index contributed by atoms with van der Waals surface area (Å²) in [6, 6.07) is 10.7. The molecule has 3 aliphatic rings. The molecule has 40 heavy (non-hydrogen) atoms. The Kier molecular flexibility index (Phi) is 11.4. The van der Waals surface area contributed by atoms with Crippen molar-refractivity contribution in [1.29, 1.82) is 0 Å². The number of allylic oxidation sites excluding steroid dienone is 1. The Morgan fingerprint density at radius 1 is 1.02 bits per heavy atom. The topological polar surface area (TPSA) is 68.3 Å². The van der Waals surface area contributed by atoms with Crippen LogP contribution >= 0.6 is 0 Å². The summed E-state index contributed by atoms with van der Waals surface area (Å²) in [5, 5.41) is 0. The zero-order valence-corrected chi connectivity index (χ0v) is 26.1. The zero-order chi connectivity index (χ0) is 29.5. The summed E-state index contributed by atoms with van der Waals surface area (Å²) < 4.78 is 17.1. The number of rotatable bonds is 15. The summed E-state index contributed by atoms with van der Waals surface area (Å²) in [7, 11) is 7.20. The Morgan fingerprint density at radius 3 is 2.27 bits per heavy atom. The summed E-state index contributed by atoms with van der Waals surface area (Å²) in [6.07, 6.45) is 4.78. The largest absolute Gasteiger partial charge is 0.458 e. The molecule has 7 nitrogen and oxygen atoms in total. The van der Waals surface area contributed by atoms with E-state index in [2.05, 4.69) is 49.2 Å². The third kappa shape index (κ3) is 7.34. The number of carbonyl (C=O) groups excluding carboxylic acids is 2. The molecule has 4 rings (SSSR count). The molecular formula is C33H52N2O5. The van der Waals surface area contributed by atoms with Crippen LogP contribution in [0, 0.1) is 23.2 Å². The smallest absolute Gasteiger partial charge is 0.308 e. The SMILES string of the molecule is COCC(C)(COC)C(=O)N(C)CCCN(C)CC[C@]1(OC(=O)C(C)C)C[C@H]2CC[C@@H]1C(c1ccccc1)=C2C. The number of hydrogen-bond donors (Lipinski definition) is 0. The van der Waals surface area contributed by atoms with E-state index in [1.807, 2.05) is 27.8 Å². The van der Waals surface area contributed by atoms with E-state index in [0.717, 1.165) is 45.2 Å². The molecule has 0 N–H and O–H groups in total. The van der Waals surface area contributed by atoms with Gasteiger partial charge in [-0.2, -0.15) is 0 Å². The van der Waals surface area contributed by atoms with Gasteiger partial charge in [0.15, 0.2) is 0 Å². The van der Waals surface area contributed by atoms with Crippen molar-refractivity contribution in [3.05, 3.63) is 41.5 Å². The summed E-state index contributed by atoms with van der Waals surface area (Å²) in [5.41, 5.74) is 2.93. The highest BCUT2D eigenvalue weighted by atomic mass is 16.6. The van der Waals surface area contributed by atoms with Gasteiger partial charge in [-0.15, -0.1) is 0 Å². The maximum atomic E-state index is 13.1. The van der Waals surface area contributed by atoms with Gasteiger partial charge in [0.1, 0.15) is 5.60 Å². The van der Waals surface area contributed by atoms with Gasteiger partial charge >= 0.3 is 5.97 Å². The molecule has 0 saturated heterocycles. The molecule has 3 atom stereocenters. The minimum atomic E-state index is -0.695. The van der Waals surface area contributed by atoms with Crippen LogP contribution in [0.5, 0.6) is 0 Å². The van der Waals surface area contributed by atoms with E-state index in [4.69, 9.17) is 14.2 Å². The van der Waals surface area contributed by atoms with Crippen LogP contribution in [0.3, 0.4) is 0 Å². The van der Waals surface area contributed by atoms with Crippen LogP contribution in [0.1, 0.15) is 65.4 Å². The zero-order valence-electron chi connectivity index (χ0n) is 26.1. The third-order valence-corrected chi connectivity index (χ3v) is 9.02. The van der Waals surface area contributed by atoms with E-state index in [-0.39, 0.29) is 23.7 Å². The summed E-state index contributed by atoms with van der Waals surface area (Å²) in [4.78, 5) is 30.2. The van der Waals surface area contributed by atoms with Crippen LogP contribution in [0.2, 0.25) is 0 Å². The first kappa shape index (κ1) is 32.3. The van der Waals surface area contributed by atoms with Crippen molar-refractivity contribution in [3.63, 3.8) is 0 Å². The Bertz CT molecular complexity index is 1020. The first-order valence-corrected chi connectivity index (χ1v) is 14.9. The van der Waals surface area contributed by atoms with Crippen molar-refractivity contribution in [1.82, 2.24) is 9.80 Å². The second kappa shape index (κ2) is 14.1. The monoisotopic (exact) mass is 556 g/mol. The quantitative estimate of drug-likeness (QED) is 0.273. The van der Waals surface area contributed by atoms with Gasteiger partial charge in [-0.1, -0.05) is 49.8 Å². The molecule has 0 spiro atoms. The molecule has 1 aromatic carbocycles. The van der Waals surface area contributed by atoms with Gasteiger partial charge in [-0.05, 0) is 70.2 Å². The first-order valence-electron chi connectivity index (χ1n) is 14.9. The van der Waals surface area contributed by atoms with Gasteiger partial charge in [0.25, 0.3) is 0 Å². The summed E-state index contributed by atoms with van der Waals surface area (Å²) in [6.45, 7) is 11.0. The molecule has 0 unspecified atom stereocenters. The van der Waals surface area contributed by atoms with E-state index in [1.165, 1.54) is 16.7 Å². The summed E-state index contributed by atoms with van der Waals surface area (Å²) >= 11 is 0. The number of esters is 1. The van der Waals surface area contributed by atoms with Crippen molar-refractivity contribution < 1.29 is 23.8 Å². The average Bonchev–Trinajstić information content (AvgIpc) is 2.93. The molecule has 2 bridgehead atoms. The first-order chi connectivity index (χ1) is 19.0. The van der Waals surface area contributed by atoms with Crippen molar-refractivity contribution in [2.24, 2.45) is 23.2 Å². The molecule has 1 amide bonds. The van der Waals surface area contributed by atoms with Gasteiger partial charge in [-0.3, -0.25) is 9.59 Å². The third-order valence-electron chi connectivity index (χ3n) is 9.02. The lowest BCUT2D eigenvalue weighted by Gasteiger charge is -2.53. The molecule has 224 valence electrons. The standard InChI is InChI=1S/C33H52N2O5/c1-24(2)30(36)40-33(21-27-15-16-28(33)29(25(27)3)26-13-10-9-11-14-26)17-20-34(5)18-12-19-35(6)31(37)32(4,22-38-7)23-39-8/h9-11,13-14,24,27-28H,12,15-23H2,1-8H3/t27-,28-,33+/m1/s1. The Balaban J connectivity index is 1.68. The number of methoxy groups -OCH3 is 2. The number of amides is 1. The number of carbonyl (C=O) groups is 2. The molecule has 0 aromatic heterocycles. The molecule has 0 heterocycles.